The number of nitrogens with one attached hydrogen (secondary N) is 5. The molecule has 0 radical (unpaired) electrons. The number of amides is 1. The van der Waals surface area contributed by atoms with Gasteiger partial charge in [-0.1, -0.05) is 26.8 Å². The van der Waals surface area contributed by atoms with Crippen molar-refractivity contribution in [3.05, 3.63) is 29.3 Å². The van der Waals surface area contributed by atoms with Crippen molar-refractivity contribution in [3.8, 4) is 0 Å². The van der Waals surface area contributed by atoms with E-state index in [9.17, 15) is 4.79 Å². The van der Waals surface area contributed by atoms with Crippen LogP contribution in [-0.2, 0) is 0 Å². The van der Waals surface area contributed by atoms with Crippen LogP contribution in [0.15, 0.2) is 18.2 Å². The van der Waals surface area contributed by atoms with Crippen molar-refractivity contribution in [1.29, 1.82) is 0 Å². The van der Waals surface area contributed by atoms with Crippen LogP contribution in [0.2, 0.25) is 0 Å². The average molecular weight is 427 g/mol. The number of aryl methyl sites for hydroxylation is 1. The Hall–Kier alpha value is -2.94. The molecular formula is C22H34N8O. The minimum Gasteiger partial charge on any atom is -0.353 e. The summed E-state index contributed by atoms with van der Waals surface area (Å²) >= 11 is 0. The van der Waals surface area contributed by atoms with Crippen molar-refractivity contribution >= 4 is 29.4 Å². The Bertz CT molecular complexity index is 903. The van der Waals surface area contributed by atoms with E-state index in [4.69, 9.17) is 0 Å². The monoisotopic (exact) mass is 426 g/mol. The predicted molar refractivity (Wildman–Crippen MR) is 125 cm³/mol. The highest BCUT2D eigenvalue weighted by molar-refractivity contribution is 5.95. The molecule has 9 heteroatoms. The Labute approximate surface area is 184 Å². The molecule has 1 aromatic carbocycles. The molecule has 1 amide bonds. The van der Waals surface area contributed by atoms with E-state index in [1.54, 1.807) is 0 Å². The van der Waals surface area contributed by atoms with Crippen molar-refractivity contribution in [2.75, 3.05) is 42.1 Å². The fourth-order valence-corrected chi connectivity index (χ4v) is 3.16. The third kappa shape index (κ3) is 6.78. The van der Waals surface area contributed by atoms with Gasteiger partial charge in [0, 0.05) is 36.9 Å². The fourth-order valence-electron chi connectivity index (χ4n) is 3.16. The van der Waals surface area contributed by atoms with Crippen LogP contribution in [0.25, 0.3) is 0 Å². The Morgan fingerprint density at radius 3 is 2.58 bits per heavy atom. The van der Waals surface area contributed by atoms with Gasteiger partial charge in [-0.15, -0.1) is 0 Å². The molecular weight excluding hydrogens is 392 g/mol. The van der Waals surface area contributed by atoms with E-state index in [2.05, 4.69) is 62.3 Å². The molecule has 2 aromatic rings. The number of benzene rings is 1. The Morgan fingerprint density at radius 1 is 1.16 bits per heavy atom. The lowest BCUT2D eigenvalue weighted by Gasteiger charge is -2.20. The van der Waals surface area contributed by atoms with Crippen LogP contribution in [0.5, 0.6) is 0 Å². The van der Waals surface area contributed by atoms with Gasteiger partial charge in [-0.25, -0.2) is 0 Å². The van der Waals surface area contributed by atoms with Crippen molar-refractivity contribution in [1.82, 2.24) is 25.6 Å². The van der Waals surface area contributed by atoms with Gasteiger partial charge >= 0.3 is 0 Å². The molecule has 1 aliphatic heterocycles. The topological polar surface area (TPSA) is 116 Å². The molecule has 1 fully saturated rings. The van der Waals surface area contributed by atoms with Crippen LogP contribution >= 0.6 is 0 Å². The zero-order valence-electron chi connectivity index (χ0n) is 19.1. The lowest BCUT2D eigenvalue weighted by molar-refractivity contribution is 0.0956. The largest absolute Gasteiger partial charge is 0.353 e. The van der Waals surface area contributed by atoms with E-state index in [-0.39, 0.29) is 17.4 Å². The minimum atomic E-state index is -0.107. The second kappa shape index (κ2) is 9.91. The van der Waals surface area contributed by atoms with Crippen LogP contribution in [0.1, 0.15) is 50.0 Å². The molecule has 0 bridgehead atoms. The number of carbonyl (C=O) groups is 1. The van der Waals surface area contributed by atoms with Crippen LogP contribution in [0.3, 0.4) is 0 Å². The van der Waals surface area contributed by atoms with Gasteiger partial charge in [-0.05, 0) is 49.9 Å². The number of hydrogen-bond acceptors (Lipinski definition) is 8. The molecule has 0 aliphatic carbocycles. The second-order valence-electron chi connectivity index (χ2n) is 9.07. The fraction of sp³-hybridized carbons (Fsp3) is 0.545. The first-order valence-corrected chi connectivity index (χ1v) is 10.9. The smallest absolute Gasteiger partial charge is 0.251 e. The Morgan fingerprint density at radius 2 is 1.90 bits per heavy atom. The Kier molecular flexibility index (Phi) is 7.27. The molecule has 31 heavy (non-hydrogen) atoms. The summed E-state index contributed by atoms with van der Waals surface area (Å²) in [6, 6.07) is 5.83. The number of aromatic nitrogens is 3. The molecule has 1 atom stereocenters. The first kappa shape index (κ1) is 22.7. The third-order valence-corrected chi connectivity index (χ3v) is 4.89. The maximum absolute atomic E-state index is 12.2. The Balaban J connectivity index is 1.86. The average Bonchev–Trinajstić information content (AvgIpc) is 3.20. The van der Waals surface area contributed by atoms with Gasteiger partial charge < -0.3 is 26.6 Å². The zero-order valence-corrected chi connectivity index (χ0v) is 19.1. The van der Waals surface area contributed by atoms with Gasteiger partial charge in [0.15, 0.2) is 0 Å². The van der Waals surface area contributed by atoms with E-state index in [1.165, 1.54) is 0 Å². The molecule has 1 aliphatic rings. The van der Waals surface area contributed by atoms with E-state index >= 15 is 0 Å². The molecule has 1 saturated heterocycles. The lowest BCUT2D eigenvalue weighted by atomic mass is 9.97. The molecule has 3 rings (SSSR count). The predicted octanol–water partition coefficient (Wildman–Crippen LogP) is 2.91. The van der Waals surface area contributed by atoms with E-state index < -0.39 is 0 Å². The summed E-state index contributed by atoms with van der Waals surface area (Å²) in [5, 5.41) is 16.2. The molecule has 9 nitrogen and oxygen atoms in total. The van der Waals surface area contributed by atoms with Gasteiger partial charge in [-0.2, -0.15) is 15.0 Å². The normalized spacial score (nSPS) is 16.1. The summed E-state index contributed by atoms with van der Waals surface area (Å²) in [4.78, 5) is 25.9. The van der Waals surface area contributed by atoms with Crippen LogP contribution < -0.4 is 26.6 Å². The molecule has 0 unspecified atom stereocenters. The second-order valence-corrected chi connectivity index (χ2v) is 9.07. The van der Waals surface area contributed by atoms with Crippen molar-refractivity contribution < 1.29 is 4.79 Å². The highest BCUT2D eigenvalue weighted by Crippen LogP contribution is 2.22. The van der Waals surface area contributed by atoms with Crippen molar-refractivity contribution in [2.24, 2.45) is 5.41 Å². The number of nitrogens with zero attached hydrogens (tertiary/aromatic N) is 3. The highest BCUT2D eigenvalue weighted by atomic mass is 16.1. The number of rotatable bonds is 8. The maximum Gasteiger partial charge on any atom is 0.251 e. The highest BCUT2D eigenvalue weighted by Gasteiger charge is 2.18. The van der Waals surface area contributed by atoms with E-state index in [0.717, 1.165) is 37.3 Å². The molecule has 168 valence electrons. The standard InChI is InChI=1S/C22H34N8O/c1-6-24-18(31)15-8-7-14(2)17(11-15)27-21-29-19(25-13-22(3,4)5)28-20(30-21)26-16-9-10-23-12-16/h7-8,11,16,23H,6,9-10,12-13H2,1-5H3,(H,24,31)(H3,25,26,27,28,29,30)/t16-/m0/s1. The van der Waals surface area contributed by atoms with Crippen LogP contribution in [0.4, 0.5) is 23.5 Å². The van der Waals surface area contributed by atoms with Gasteiger partial charge in [0.05, 0.1) is 0 Å². The summed E-state index contributed by atoms with van der Waals surface area (Å²) < 4.78 is 0. The van der Waals surface area contributed by atoms with Gasteiger partial charge in [0.2, 0.25) is 17.8 Å². The summed E-state index contributed by atoms with van der Waals surface area (Å²) in [5.74, 6) is 1.36. The SMILES string of the molecule is CCNC(=O)c1ccc(C)c(Nc2nc(NCC(C)(C)C)nc(N[C@H]3CCNC3)n2)c1. The number of hydrogen-bond donors (Lipinski definition) is 5. The third-order valence-electron chi connectivity index (χ3n) is 4.89. The van der Waals surface area contributed by atoms with Crippen molar-refractivity contribution in [2.45, 2.75) is 47.1 Å². The molecule has 2 heterocycles. The maximum atomic E-state index is 12.2. The zero-order chi connectivity index (χ0) is 22.4. The first-order chi connectivity index (χ1) is 14.7. The minimum absolute atomic E-state index is 0.0841. The summed E-state index contributed by atoms with van der Waals surface area (Å²) in [6.07, 6.45) is 1.02. The molecule has 1 aromatic heterocycles. The molecule has 0 spiro atoms. The van der Waals surface area contributed by atoms with E-state index in [0.29, 0.717) is 30.0 Å². The van der Waals surface area contributed by atoms with Crippen molar-refractivity contribution in [3.63, 3.8) is 0 Å². The van der Waals surface area contributed by atoms with Crippen LogP contribution in [0, 0.1) is 12.3 Å². The van der Waals surface area contributed by atoms with Gasteiger partial charge in [0.25, 0.3) is 5.91 Å². The lowest BCUT2D eigenvalue weighted by Crippen LogP contribution is -2.25. The van der Waals surface area contributed by atoms with E-state index in [1.807, 2.05) is 32.0 Å². The number of anilines is 4. The summed E-state index contributed by atoms with van der Waals surface area (Å²) in [6.45, 7) is 13.5. The number of carbonyl (C=O) groups excluding carboxylic acids is 1. The molecule has 5 N–H and O–H groups in total. The summed E-state index contributed by atoms with van der Waals surface area (Å²) in [7, 11) is 0. The van der Waals surface area contributed by atoms with Gasteiger partial charge in [0.1, 0.15) is 0 Å². The summed E-state index contributed by atoms with van der Waals surface area (Å²) in [5.41, 5.74) is 2.45. The van der Waals surface area contributed by atoms with Crippen LogP contribution in [-0.4, -0.2) is 53.1 Å². The van der Waals surface area contributed by atoms with Gasteiger partial charge in [-0.3, -0.25) is 4.79 Å². The first-order valence-electron chi connectivity index (χ1n) is 10.9. The quantitative estimate of drug-likeness (QED) is 0.438. The molecule has 0 saturated carbocycles.